The summed E-state index contributed by atoms with van der Waals surface area (Å²) < 4.78 is 18.9. The maximum Gasteiger partial charge on any atom is 0.293 e. The van der Waals surface area contributed by atoms with Crippen molar-refractivity contribution < 1.29 is 13.6 Å². The summed E-state index contributed by atoms with van der Waals surface area (Å²) in [5.41, 5.74) is 4.05. The van der Waals surface area contributed by atoms with Crippen molar-refractivity contribution in [3.63, 3.8) is 0 Å². The SMILES string of the molecule is Cc1cc2nn(-c3ccc(F)cc3)nc2cc1NC(=S)NC(=O)c1ccc(-c2ccc(Cl)c(Cl)c2)o1. The predicted molar refractivity (Wildman–Crippen MR) is 141 cm³/mol. The molecule has 0 atom stereocenters. The maximum atomic E-state index is 13.2. The van der Waals surface area contributed by atoms with Gasteiger partial charge in [0.2, 0.25) is 0 Å². The number of carbonyl (C=O) groups excluding carboxylic acids is 1. The number of anilines is 1. The first-order valence-corrected chi connectivity index (χ1v) is 11.7. The lowest BCUT2D eigenvalue weighted by atomic mass is 10.2. The van der Waals surface area contributed by atoms with Gasteiger partial charge >= 0.3 is 0 Å². The second-order valence-electron chi connectivity index (χ2n) is 7.82. The Bertz CT molecular complexity index is 1630. The van der Waals surface area contributed by atoms with Crippen molar-refractivity contribution >= 4 is 63.2 Å². The standard InChI is InChI=1S/C25H16Cl2FN5O2S/c1-13-10-20-21(32-33(31-20)16-5-3-15(28)4-6-16)12-19(13)29-25(36)30-24(34)23-9-8-22(35-23)14-2-7-17(26)18(27)11-14/h2-12H,1H3,(H2,29,30,34,36). The van der Waals surface area contributed by atoms with E-state index in [2.05, 4.69) is 20.8 Å². The van der Waals surface area contributed by atoms with Gasteiger partial charge in [-0.3, -0.25) is 10.1 Å². The van der Waals surface area contributed by atoms with Crippen LogP contribution in [0.3, 0.4) is 0 Å². The van der Waals surface area contributed by atoms with Gasteiger partial charge in [-0.25, -0.2) is 4.39 Å². The number of furan rings is 1. The normalized spacial score (nSPS) is 11.0. The number of thiocarbonyl (C=S) groups is 1. The molecule has 2 aromatic heterocycles. The fourth-order valence-electron chi connectivity index (χ4n) is 3.48. The van der Waals surface area contributed by atoms with E-state index < -0.39 is 5.91 Å². The number of nitrogens with one attached hydrogen (secondary N) is 2. The van der Waals surface area contributed by atoms with E-state index in [1.54, 1.807) is 48.5 Å². The number of amides is 1. The molecule has 0 bridgehead atoms. The van der Waals surface area contributed by atoms with Gasteiger partial charge in [0.05, 0.1) is 15.7 Å². The number of hydrogen-bond donors (Lipinski definition) is 2. The van der Waals surface area contributed by atoms with Gasteiger partial charge in [-0.15, -0.1) is 10.2 Å². The highest BCUT2D eigenvalue weighted by molar-refractivity contribution is 7.80. The van der Waals surface area contributed by atoms with Gasteiger partial charge in [0.25, 0.3) is 5.91 Å². The Morgan fingerprint density at radius 2 is 1.69 bits per heavy atom. The molecular formula is C25H16Cl2FN5O2S. The molecule has 2 N–H and O–H groups in total. The van der Waals surface area contributed by atoms with Gasteiger partial charge in [0, 0.05) is 11.3 Å². The molecule has 1 amide bonds. The third-order valence-corrected chi connectivity index (χ3v) is 6.24. The van der Waals surface area contributed by atoms with Gasteiger partial charge in [-0.2, -0.15) is 4.80 Å². The van der Waals surface area contributed by atoms with E-state index in [1.807, 2.05) is 13.0 Å². The molecule has 5 rings (SSSR count). The highest BCUT2D eigenvalue weighted by Gasteiger charge is 2.16. The Hall–Kier alpha value is -3.79. The number of carbonyl (C=O) groups is 1. The van der Waals surface area contributed by atoms with Crippen molar-refractivity contribution in [2.24, 2.45) is 0 Å². The average molecular weight is 540 g/mol. The number of benzene rings is 3. The molecule has 180 valence electrons. The Balaban J connectivity index is 1.29. The zero-order valence-corrected chi connectivity index (χ0v) is 20.9. The van der Waals surface area contributed by atoms with Crippen molar-refractivity contribution in [1.82, 2.24) is 20.3 Å². The van der Waals surface area contributed by atoms with Crippen LogP contribution in [-0.2, 0) is 0 Å². The smallest absolute Gasteiger partial charge is 0.293 e. The van der Waals surface area contributed by atoms with Crippen LogP contribution in [0.2, 0.25) is 10.0 Å². The number of halogens is 3. The van der Waals surface area contributed by atoms with Crippen LogP contribution < -0.4 is 10.6 Å². The van der Waals surface area contributed by atoms with E-state index in [1.165, 1.54) is 16.9 Å². The van der Waals surface area contributed by atoms with Crippen molar-refractivity contribution in [1.29, 1.82) is 0 Å². The fraction of sp³-hybridized carbons (Fsp3) is 0.0400. The predicted octanol–water partition coefficient (Wildman–Crippen LogP) is 6.56. The number of aromatic nitrogens is 3. The van der Waals surface area contributed by atoms with Crippen molar-refractivity contribution in [3.8, 4) is 17.0 Å². The molecule has 36 heavy (non-hydrogen) atoms. The van der Waals surface area contributed by atoms with Crippen molar-refractivity contribution in [2.45, 2.75) is 6.92 Å². The Morgan fingerprint density at radius 1 is 0.972 bits per heavy atom. The molecular weight excluding hydrogens is 524 g/mol. The summed E-state index contributed by atoms with van der Waals surface area (Å²) in [7, 11) is 0. The Morgan fingerprint density at radius 3 is 2.42 bits per heavy atom. The van der Waals surface area contributed by atoms with Crippen LogP contribution in [0.15, 0.2) is 71.1 Å². The molecule has 0 spiro atoms. The minimum atomic E-state index is -0.514. The van der Waals surface area contributed by atoms with Crippen LogP contribution >= 0.6 is 35.4 Å². The number of aryl methyl sites for hydroxylation is 1. The first kappa shape index (κ1) is 23.9. The summed E-state index contributed by atoms with van der Waals surface area (Å²) in [6, 6.07) is 17.7. The van der Waals surface area contributed by atoms with Crippen LogP contribution in [0.25, 0.3) is 28.0 Å². The van der Waals surface area contributed by atoms with Gasteiger partial charge in [-0.05, 0) is 91.4 Å². The monoisotopic (exact) mass is 539 g/mol. The van der Waals surface area contributed by atoms with E-state index in [0.717, 1.165) is 5.56 Å². The lowest BCUT2D eigenvalue weighted by Crippen LogP contribution is -2.34. The third kappa shape index (κ3) is 4.94. The highest BCUT2D eigenvalue weighted by atomic mass is 35.5. The average Bonchev–Trinajstić information content (AvgIpc) is 3.49. The van der Waals surface area contributed by atoms with Crippen LogP contribution in [0.4, 0.5) is 10.1 Å². The topological polar surface area (TPSA) is 85.0 Å². The molecule has 5 aromatic rings. The minimum Gasteiger partial charge on any atom is -0.451 e. The van der Waals surface area contributed by atoms with Crippen LogP contribution in [0.5, 0.6) is 0 Å². The third-order valence-electron chi connectivity index (χ3n) is 5.29. The molecule has 0 aliphatic rings. The second-order valence-corrected chi connectivity index (χ2v) is 9.05. The van der Waals surface area contributed by atoms with E-state index in [4.69, 9.17) is 39.8 Å². The minimum absolute atomic E-state index is 0.0784. The van der Waals surface area contributed by atoms with Gasteiger partial charge < -0.3 is 9.73 Å². The molecule has 0 saturated heterocycles. The van der Waals surface area contributed by atoms with Gasteiger partial charge in [0.1, 0.15) is 22.6 Å². The van der Waals surface area contributed by atoms with E-state index >= 15 is 0 Å². The summed E-state index contributed by atoms with van der Waals surface area (Å²) in [6.45, 7) is 1.87. The molecule has 0 saturated carbocycles. The number of rotatable bonds is 4. The van der Waals surface area contributed by atoms with E-state index in [9.17, 15) is 9.18 Å². The first-order valence-electron chi connectivity index (χ1n) is 10.6. The zero-order valence-electron chi connectivity index (χ0n) is 18.6. The van der Waals surface area contributed by atoms with Gasteiger partial charge in [0.15, 0.2) is 10.9 Å². The summed E-state index contributed by atoms with van der Waals surface area (Å²) >= 11 is 17.3. The van der Waals surface area contributed by atoms with Crippen LogP contribution in [0, 0.1) is 12.7 Å². The van der Waals surface area contributed by atoms with E-state index in [0.29, 0.717) is 43.8 Å². The zero-order chi connectivity index (χ0) is 25.4. The van der Waals surface area contributed by atoms with Crippen molar-refractivity contribution in [2.75, 3.05) is 5.32 Å². The Labute approximate surface area is 219 Å². The summed E-state index contributed by atoms with van der Waals surface area (Å²) in [5, 5.41) is 15.4. The molecule has 0 aliphatic carbocycles. The molecule has 0 fully saturated rings. The second kappa shape index (κ2) is 9.69. The Kier molecular flexibility index (Phi) is 6.44. The molecule has 2 heterocycles. The molecule has 3 aromatic carbocycles. The van der Waals surface area contributed by atoms with Crippen LogP contribution in [-0.4, -0.2) is 26.0 Å². The van der Waals surface area contributed by atoms with Gasteiger partial charge in [-0.1, -0.05) is 23.2 Å². The molecule has 0 aliphatic heterocycles. The highest BCUT2D eigenvalue weighted by Crippen LogP contribution is 2.29. The molecule has 0 unspecified atom stereocenters. The lowest BCUT2D eigenvalue weighted by molar-refractivity contribution is 0.0951. The van der Waals surface area contributed by atoms with Crippen molar-refractivity contribution in [3.05, 3.63) is 93.9 Å². The number of hydrogen-bond acceptors (Lipinski definition) is 5. The fourth-order valence-corrected chi connectivity index (χ4v) is 3.98. The molecule has 0 radical (unpaired) electrons. The summed E-state index contributed by atoms with van der Waals surface area (Å²) in [5.74, 6) is -0.314. The van der Waals surface area contributed by atoms with E-state index in [-0.39, 0.29) is 16.7 Å². The number of nitrogens with zero attached hydrogens (tertiary/aromatic N) is 3. The first-order chi connectivity index (χ1) is 17.3. The molecule has 7 nitrogen and oxygen atoms in total. The maximum absolute atomic E-state index is 13.2. The van der Waals surface area contributed by atoms with Crippen LogP contribution in [0.1, 0.15) is 16.1 Å². The molecule has 11 heteroatoms. The lowest BCUT2D eigenvalue weighted by Gasteiger charge is -2.11. The summed E-state index contributed by atoms with van der Waals surface area (Å²) in [6.07, 6.45) is 0. The summed E-state index contributed by atoms with van der Waals surface area (Å²) in [4.78, 5) is 14.1. The largest absolute Gasteiger partial charge is 0.451 e. The number of fused-ring (bicyclic) bond motifs is 1. The quantitative estimate of drug-likeness (QED) is 0.251.